The molecule has 0 fully saturated rings. The van der Waals surface area contributed by atoms with E-state index in [2.05, 4.69) is 15.0 Å². The number of Topliss-reactive ketones (excluding diaryl/α,β-unsaturated/α-hetero) is 2. The number of aromatic nitrogens is 1. The maximum absolute atomic E-state index is 12.5. The highest BCUT2D eigenvalue weighted by Gasteiger charge is 2.40. The van der Waals surface area contributed by atoms with Crippen LogP contribution in [0.15, 0.2) is 29.8 Å². The molecule has 0 aliphatic carbocycles. The van der Waals surface area contributed by atoms with Crippen molar-refractivity contribution < 1.29 is 33.6 Å². The molecule has 0 unspecified atom stereocenters. The molecule has 0 aliphatic rings. The molecule has 12 heteroatoms. The summed E-state index contributed by atoms with van der Waals surface area (Å²) in [6.07, 6.45) is 0.966. The van der Waals surface area contributed by atoms with Gasteiger partial charge in [0.2, 0.25) is 5.78 Å². The molecule has 1 aromatic carbocycles. The number of carbonyl (C=O) groups excluding carboxylic acids is 5. The fourth-order valence-electron chi connectivity index (χ4n) is 2.33. The number of carbonyl (C=O) groups is 5. The Morgan fingerprint density at radius 3 is 2.43 bits per heavy atom. The number of fused-ring (bicyclic) bond motifs is 1. The predicted molar refractivity (Wildman–Crippen MR) is 105 cm³/mol. The van der Waals surface area contributed by atoms with Crippen LogP contribution in [0.4, 0.5) is 10.8 Å². The van der Waals surface area contributed by atoms with Gasteiger partial charge in [0, 0.05) is 12.1 Å². The zero-order valence-corrected chi connectivity index (χ0v) is 16.8. The molecule has 1 N–H and O–H groups in total. The molecule has 1 amide bonds. The lowest BCUT2D eigenvalue weighted by molar-refractivity contribution is -0.384. The van der Waals surface area contributed by atoms with Crippen molar-refractivity contribution in [3.8, 4) is 0 Å². The van der Waals surface area contributed by atoms with Gasteiger partial charge in [-0.05, 0) is 26.0 Å². The molecule has 2 aromatic rings. The molecule has 1 atom stereocenters. The minimum Gasteiger partial charge on any atom is -0.463 e. The molecule has 0 bridgehead atoms. The van der Waals surface area contributed by atoms with Crippen molar-refractivity contribution in [2.75, 3.05) is 12.4 Å². The zero-order valence-electron chi connectivity index (χ0n) is 16.0. The maximum Gasteiger partial charge on any atom is 0.375 e. The van der Waals surface area contributed by atoms with Crippen molar-refractivity contribution in [2.24, 2.45) is 5.92 Å². The summed E-state index contributed by atoms with van der Waals surface area (Å²) in [5.74, 6) is -8.95. The predicted octanol–water partition coefficient (Wildman–Crippen LogP) is 1.61. The summed E-state index contributed by atoms with van der Waals surface area (Å²) in [7, 11) is 0.896. The van der Waals surface area contributed by atoms with E-state index in [4.69, 9.17) is 0 Å². The monoisotopic (exact) mass is 433 g/mol. The molecule has 156 valence electrons. The number of hydrogen-bond acceptors (Lipinski definition) is 10. The Hall–Kier alpha value is -3.80. The van der Waals surface area contributed by atoms with Crippen molar-refractivity contribution in [1.29, 1.82) is 0 Å². The lowest BCUT2D eigenvalue weighted by Crippen LogP contribution is -2.41. The van der Waals surface area contributed by atoms with E-state index in [-0.39, 0.29) is 10.8 Å². The van der Waals surface area contributed by atoms with Crippen LogP contribution in [0.1, 0.15) is 13.8 Å². The summed E-state index contributed by atoms with van der Waals surface area (Å²) in [4.78, 5) is 75.0. The Morgan fingerprint density at radius 1 is 1.20 bits per heavy atom. The number of benzene rings is 1. The third-order valence-electron chi connectivity index (χ3n) is 3.65. The molecule has 2 rings (SSSR count). The van der Waals surface area contributed by atoms with Gasteiger partial charge in [-0.3, -0.25) is 34.6 Å². The molecule has 0 aliphatic heterocycles. The number of allylic oxidation sites excluding steroid dienone is 2. The zero-order chi connectivity index (χ0) is 22.6. The molecule has 11 nitrogen and oxygen atoms in total. The fraction of sp³-hybridized carbons (Fsp3) is 0.222. The van der Waals surface area contributed by atoms with Gasteiger partial charge in [0.05, 0.1) is 22.2 Å². The van der Waals surface area contributed by atoms with E-state index in [0.29, 0.717) is 15.8 Å². The number of nitrogens with zero attached hydrogens (tertiary/aromatic N) is 2. The molecular formula is C18H15N3O8S. The number of non-ortho nitro benzene ring substituents is 1. The molecule has 0 saturated carbocycles. The van der Waals surface area contributed by atoms with Crippen molar-refractivity contribution in [3.63, 3.8) is 0 Å². The summed E-state index contributed by atoms with van der Waals surface area (Å²) in [6.45, 7) is 3.06. The van der Waals surface area contributed by atoms with Crippen LogP contribution in [0.3, 0.4) is 0 Å². The number of rotatable bonds is 8. The van der Waals surface area contributed by atoms with E-state index in [9.17, 15) is 34.1 Å². The fourth-order valence-corrected chi connectivity index (χ4v) is 3.23. The SMILES string of the molecule is COC(=O)C(=O)[C@@H](C(=O)C=C(C)C)C(=O)C(=O)Nc1nc2ccc([N+](=O)[O-])cc2s1. The van der Waals surface area contributed by atoms with Crippen molar-refractivity contribution in [2.45, 2.75) is 13.8 Å². The minimum absolute atomic E-state index is 0.0808. The van der Waals surface area contributed by atoms with E-state index in [0.717, 1.165) is 24.5 Å². The third kappa shape index (κ3) is 4.97. The van der Waals surface area contributed by atoms with E-state index in [1.807, 2.05) is 0 Å². The first-order chi connectivity index (χ1) is 14.0. The van der Waals surface area contributed by atoms with Crippen LogP contribution in [0.2, 0.25) is 0 Å². The largest absolute Gasteiger partial charge is 0.463 e. The number of ketones is 3. The summed E-state index contributed by atoms with van der Waals surface area (Å²) in [5, 5.41) is 12.9. The van der Waals surface area contributed by atoms with Gasteiger partial charge in [-0.1, -0.05) is 16.9 Å². The minimum atomic E-state index is -2.19. The van der Waals surface area contributed by atoms with Gasteiger partial charge in [-0.15, -0.1) is 0 Å². The second-order valence-electron chi connectivity index (χ2n) is 6.16. The molecule has 1 aromatic heterocycles. The number of nitro groups is 1. The van der Waals surface area contributed by atoms with Gasteiger partial charge in [-0.25, -0.2) is 9.78 Å². The average molecular weight is 433 g/mol. The van der Waals surface area contributed by atoms with Crippen molar-refractivity contribution in [3.05, 3.63) is 40.0 Å². The topological polar surface area (TPSA) is 163 Å². The molecule has 1 heterocycles. The molecule has 0 radical (unpaired) electrons. The molecular weight excluding hydrogens is 418 g/mol. The molecule has 30 heavy (non-hydrogen) atoms. The van der Waals surface area contributed by atoms with Crippen LogP contribution >= 0.6 is 11.3 Å². The van der Waals surface area contributed by atoms with Gasteiger partial charge in [0.15, 0.2) is 16.8 Å². The first-order valence-corrected chi connectivity index (χ1v) is 9.08. The van der Waals surface area contributed by atoms with Crippen LogP contribution in [-0.2, 0) is 28.7 Å². The summed E-state index contributed by atoms with van der Waals surface area (Å²) in [5.41, 5.74) is 0.593. The van der Waals surface area contributed by atoms with Gasteiger partial charge in [0.1, 0.15) is 0 Å². The number of thiazole rings is 1. The Bertz CT molecular complexity index is 1110. The van der Waals surface area contributed by atoms with Crippen LogP contribution < -0.4 is 5.32 Å². The number of anilines is 1. The number of nitrogens with one attached hydrogen (secondary N) is 1. The smallest absolute Gasteiger partial charge is 0.375 e. The first-order valence-electron chi connectivity index (χ1n) is 8.26. The van der Waals surface area contributed by atoms with Crippen LogP contribution in [0, 0.1) is 16.0 Å². The Kier molecular flexibility index (Phi) is 6.85. The quantitative estimate of drug-likeness (QED) is 0.163. The number of methoxy groups -OCH3 is 1. The highest BCUT2D eigenvalue weighted by molar-refractivity contribution is 7.22. The van der Waals surface area contributed by atoms with Crippen LogP contribution in [0.25, 0.3) is 10.2 Å². The summed E-state index contributed by atoms with van der Waals surface area (Å²) in [6, 6.07) is 3.83. The third-order valence-corrected chi connectivity index (χ3v) is 4.59. The highest BCUT2D eigenvalue weighted by Crippen LogP contribution is 2.29. The van der Waals surface area contributed by atoms with E-state index in [1.54, 1.807) is 0 Å². The normalized spacial score (nSPS) is 11.3. The standard InChI is InChI=1S/C18H15N3O8S/c1-8(2)6-11(22)13(15(24)17(26)29-3)14(23)16(25)20-18-19-10-5-4-9(21(27)28)7-12(10)30-18/h4-7,13H,1-3H3,(H,19,20,25)/t13-/m0/s1. The van der Waals surface area contributed by atoms with Crippen molar-refractivity contribution >= 4 is 61.6 Å². The Labute approximate surface area is 172 Å². The molecule has 0 saturated heterocycles. The van der Waals surface area contributed by atoms with E-state index >= 15 is 0 Å². The van der Waals surface area contributed by atoms with Gasteiger partial charge >= 0.3 is 5.97 Å². The number of ether oxygens (including phenoxy) is 1. The summed E-state index contributed by atoms with van der Waals surface area (Å²) >= 11 is 0.851. The van der Waals surface area contributed by atoms with Crippen molar-refractivity contribution in [1.82, 2.24) is 4.98 Å². The maximum atomic E-state index is 12.5. The van der Waals surface area contributed by atoms with E-state index < -0.39 is 40.1 Å². The lowest BCUT2D eigenvalue weighted by Gasteiger charge is -2.10. The molecule has 0 spiro atoms. The number of nitro benzene ring substituents is 1. The second-order valence-corrected chi connectivity index (χ2v) is 7.19. The first kappa shape index (κ1) is 22.5. The number of hydrogen-bond donors (Lipinski definition) is 1. The number of esters is 1. The Morgan fingerprint density at radius 2 is 1.87 bits per heavy atom. The number of amides is 1. The van der Waals surface area contributed by atoms with Gasteiger partial charge < -0.3 is 4.74 Å². The lowest BCUT2D eigenvalue weighted by atomic mass is 9.92. The van der Waals surface area contributed by atoms with Crippen LogP contribution in [0.5, 0.6) is 0 Å². The average Bonchev–Trinajstić information content (AvgIpc) is 3.07. The highest BCUT2D eigenvalue weighted by atomic mass is 32.1. The second kappa shape index (κ2) is 9.13. The summed E-state index contributed by atoms with van der Waals surface area (Å²) < 4.78 is 4.63. The van der Waals surface area contributed by atoms with Gasteiger partial charge in [0.25, 0.3) is 17.4 Å². The van der Waals surface area contributed by atoms with Gasteiger partial charge in [-0.2, -0.15) is 0 Å². The van der Waals surface area contributed by atoms with Crippen LogP contribution in [-0.4, -0.2) is 46.2 Å². The van der Waals surface area contributed by atoms with E-state index in [1.165, 1.54) is 32.0 Å². The Balaban J connectivity index is 2.31.